The molecule has 0 aliphatic carbocycles. The Labute approximate surface area is 151 Å². The minimum Gasteiger partial charge on any atom is -0.358 e. The molecule has 0 fully saturated rings. The molecule has 2 heterocycles. The van der Waals surface area contributed by atoms with Crippen molar-refractivity contribution in [2.24, 2.45) is 0 Å². The maximum Gasteiger partial charge on any atom is 0.200 e. The maximum atomic E-state index is 5.48. The summed E-state index contributed by atoms with van der Waals surface area (Å²) in [4.78, 5) is 3.41. The number of rotatable bonds is 3. The number of benzene rings is 2. The quantitative estimate of drug-likeness (QED) is 0.496. The molecular weight excluding hydrogens is 328 g/mol. The molecule has 0 unspecified atom stereocenters. The Balaban J connectivity index is 1.89. The van der Waals surface area contributed by atoms with Crippen LogP contribution >= 0.6 is 12.2 Å². The van der Waals surface area contributed by atoms with Crippen molar-refractivity contribution in [1.29, 1.82) is 0 Å². The average Bonchev–Trinajstić information content (AvgIpc) is 3.15. The van der Waals surface area contributed by atoms with E-state index >= 15 is 0 Å². The number of H-pyrrole nitrogens is 2. The highest BCUT2D eigenvalue weighted by Crippen LogP contribution is 2.28. The number of nitrogens with zero attached hydrogens (tertiary/aromatic N) is 2. The highest BCUT2D eigenvalue weighted by atomic mass is 32.1. The Morgan fingerprint density at radius 3 is 2.56 bits per heavy atom. The van der Waals surface area contributed by atoms with Gasteiger partial charge in [-0.05, 0) is 73.9 Å². The summed E-state index contributed by atoms with van der Waals surface area (Å²) in [6.45, 7) is 6.39. The molecule has 2 N–H and O–H groups in total. The van der Waals surface area contributed by atoms with Gasteiger partial charge in [0, 0.05) is 27.8 Å². The molecule has 0 saturated heterocycles. The van der Waals surface area contributed by atoms with Crippen LogP contribution in [0.15, 0.2) is 42.5 Å². The second kappa shape index (κ2) is 6.01. The molecule has 4 aromatic rings. The lowest BCUT2D eigenvalue weighted by Gasteiger charge is -2.08. The van der Waals surface area contributed by atoms with E-state index in [-0.39, 0.29) is 0 Å². The Morgan fingerprint density at radius 2 is 1.84 bits per heavy atom. The first kappa shape index (κ1) is 15.8. The fourth-order valence-corrected chi connectivity index (χ4v) is 3.45. The lowest BCUT2D eigenvalue weighted by molar-refractivity contribution is 1.03. The topological polar surface area (TPSA) is 49.4 Å². The number of hydrogen-bond donors (Lipinski definition) is 2. The van der Waals surface area contributed by atoms with E-state index in [9.17, 15) is 0 Å². The number of hydrogen-bond acceptors (Lipinski definition) is 2. The minimum atomic E-state index is 0.598. The van der Waals surface area contributed by atoms with Crippen molar-refractivity contribution in [2.75, 3.05) is 0 Å². The first-order valence-corrected chi connectivity index (χ1v) is 8.85. The average molecular weight is 348 g/mol. The van der Waals surface area contributed by atoms with Crippen molar-refractivity contribution >= 4 is 23.1 Å². The number of aromatic nitrogens is 4. The van der Waals surface area contributed by atoms with Gasteiger partial charge < -0.3 is 4.98 Å². The Kier molecular flexibility index (Phi) is 3.81. The van der Waals surface area contributed by atoms with E-state index in [0.717, 1.165) is 29.0 Å². The number of aromatic amines is 2. The Hall–Kier alpha value is -2.66. The lowest BCUT2D eigenvalue weighted by atomic mass is 10.1. The normalized spacial score (nSPS) is 11.3. The van der Waals surface area contributed by atoms with Crippen LogP contribution in [0, 0.1) is 18.6 Å². The van der Waals surface area contributed by atoms with Gasteiger partial charge in [-0.2, -0.15) is 5.10 Å². The van der Waals surface area contributed by atoms with Crippen LogP contribution in [0.25, 0.3) is 28.0 Å². The van der Waals surface area contributed by atoms with Crippen molar-refractivity contribution < 1.29 is 0 Å². The predicted molar refractivity (Wildman–Crippen MR) is 105 cm³/mol. The van der Waals surface area contributed by atoms with Crippen LogP contribution in [0.1, 0.15) is 23.7 Å². The first-order chi connectivity index (χ1) is 12.1. The van der Waals surface area contributed by atoms with Crippen molar-refractivity contribution in [1.82, 2.24) is 19.7 Å². The summed E-state index contributed by atoms with van der Waals surface area (Å²) < 4.78 is 2.59. The standard InChI is InChI=1S/C20H20N4S/c1-4-14-5-8-16(9-6-14)24-19(22-23-20(24)25)15-7-10-18-17(11-15)12(2)13(3)21-18/h5-11,21H,4H2,1-3H3,(H,23,25). The summed E-state index contributed by atoms with van der Waals surface area (Å²) in [5.41, 5.74) is 6.98. The van der Waals surface area contributed by atoms with Crippen LogP contribution in [-0.4, -0.2) is 19.7 Å². The van der Waals surface area contributed by atoms with Gasteiger partial charge in [-0.1, -0.05) is 19.1 Å². The molecule has 0 aliphatic heterocycles. The van der Waals surface area contributed by atoms with E-state index in [1.165, 1.54) is 22.2 Å². The fourth-order valence-electron chi connectivity index (χ4n) is 3.21. The first-order valence-electron chi connectivity index (χ1n) is 8.44. The molecule has 0 amide bonds. The highest BCUT2D eigenvalue weighted by molar-refractivity contribution is 7.71. The molecule has 5 heteroatoms. The van der Waals surface area contributed by atoms with E-state index in [1.807, 2.05) is 4.57 Å². The van der Waals surface area contributed by atoms with Gasteiger partial charge in [-0.25, -0.2) is 0 Å². The third-order valence-corrected chi connectivity index (χ3v) is 5.12. The van der Waals surface area contributed by atoms with Crippen molar-refractivity contribution in [3.63, 3.8) is 0 Å². The lowest BCUT2D eigenvalue weighted by Crippen LogP contribution is -1.98. The summed E-state index contributed by atoms with van der Waals surface area (Å²) in [7, 11) is 0. The van der Waals surface area contributed by atoms with Crippen molar-refractivity contribution in [3.8, 4) is 17.1 Å². The molecule has 25 heavy (non-hydrogen) atoms. The molecule has 126 valence electrons. The van der Waals surface area contributed by atoms with Gasteiger partial charge in [0.25, 0.3) is 0 Å². The molecule has 2 aromatic heterocycles. The zero-order valence-electron chi connectivity index (χ0n) is 14.6. The summed E-state index contributed by atoms with van der Waals surface area (Å²) in [5, 5.41) is 8.64. The largest absolute Gasteiger partial charge is 0.358 e. The molecule has 2 aromatic carbocycles. The Bertz CT molecular complexity index is 1110. The zero-order valence-corrected chi connectivity index (χ0v) is 15.4. The minimum absolute atomic E-state index is 0.598. The van der Waals surface area contributed by atoms with Crippen LogP contribution in [0.5, 0.6) is 0 Å². The number of nitrogens with one attached hydrogen (secondary N) is 2. The summed E-state index contributed by atoms with van der Waals surface area (Å²) in [5.74, 6) is 0.828. The monoisotopic (exact) mass is 348 g/mol. The third kappa shape index (κ3) is 2.61. The third-order valence-electron chi connectivity index (χ3n) is 4.84. The molecular formula is C20H20N4S. The van der Waals surface area contributed by atoms with Crippen molar-refractivity contribution in [2.45, 2.75) is 27.2 Å². The van der Waals surface area contributed by atoms with Crippen LogP contribution < -0.4 is 0 Å². The fraction of sp³-hybridized carbons (Fsp3) is 0.200. The van der Waals surface area contributed by atoms with Crippen LogP contribution in [-0.2, 0) is 6.42 Å². The molecule has 0 spiro atoms. The summed E-state index contributed by atoms with van der Waals surface area (Å²) in [6.07, 6.45) is 1.02. The molecule has 4 nitrogen and oxygen atoms in total. The van der Waals surface area contributed by atoms with Gasteiger partial charge in [0.1, 0.15) is 0 Å². The van der Waals surface area contributed by atoms with Crippen LogP contribution in [0.2, 0.25) is 0 Å². The molecule has 0 saturated carbocycles. The van der Waals surface area contributed by atoms with E-state index in [2.05, 4.69) is 78.4 Å². The smallest absolute Gasteiger partial charge is 0.200 e. The second-order valence-electron chi connectivity index (χ2n) is 6.34. The SMILES string of the molecule is CCc1ccc(-n2c(-c3ccc4[nH]c(C)c(C)c4c3)n[nH]c2=S)cc1. The molecule has 4 rings (SSSR count). The van der Waals surface area contributed by atoms with Gasteiger partial charge >= 0.3 is 0 Å². The molecule has 0 radical (unpaired) electrons. The van der Waals surface area contributed by atoms with Crippen LogP contribution in [0.3, 0.4) is 0 Å². The predicted octanol–water partition coefficient (Wildman–Crippen LogP) is 5.26. The van der Waals surface area contributed by atoms with Gasteiger partial charge in [0.2, 0.25) is 0 Å². The van der Waals surface area contributed by atoms with Gasteiger partial charge in [0.05, 0.1) is 0 Å². The van der Waals surface area contributed by atoms with E-state index in [4.69, 9.17) is 12.2 Å². The zero-order chi connectivity index (χ0) is 17.6. The second-order valence-corrected chi connectivity index (χ2v) is 6.73. The van der Waals surface area contributed by atoms with Gasteiger partial charge in [-0.3, -0.25) is 9.67 Å². The highest BCUT2D eigenvalue weighted by Gasteiger charge is 2.13. The van der Waals surface area contributed by atoms with E-state index in [0.29, 0.717) is 4.77 Å². The van der Waals surface area contributed by atoms with Gasteiger partial charge in [0.15, 0.2) is 10.6 Å². The molecule has 0 bridgehead atoms. The molecule has 0 atom stereocenters. The Morgan fingerprint density at radius 1 is 1.08 bits per heavy atom. The maximum absolute atomic E-state index is 5.48. The number of fused-ring (bicyclic) bond motifs is 1. The summed E-state index contributed by atoms with van der Waals surface area (Å²) in [6, 6.07) is 14.8. The van der Waals surface area contributed by atoms with E-state index in [1.54, 1.807) is 0 Å². The van der Waals surface area contributed by atoms with E-state index < -0.39 is 0 Å². The van der Waals surface area contributed by atoms with Crippen molar-refractivity contribution in [3.05, 3.63) is 64.1 Å². The van der Waals surface area contributed by atoms with Crippen LogP contribution in [0.4, 0.5) is 0 Å². The van der Waals surface area contributed by atoms with Gasteiger partial charge in [-0.15, -0.1) is 0 Å². The number of aryl methyl sites for hydroxylation is 3. The molecule has 0 aliphatic rings. The summed E-state index contributed by atoms with van der Waals surface area (Å²) >= 11 is 5.48.